The van der Waals surface area contributed by atoms with Gasteiger partial charge in [-0.05, 0) is 13.8 Å². The van der Waals surface area contributed by atoms with E-state index in [0.29, 0.717) is 6.42 Å². The van der Waals surface area contributed by atoms with E-state index < -0.39 is 6.23 Å². The van der Waals surface area contributed by atoms with Gasteiger partial charge in [0, 0.05) is 18.4 Å². The number of aliphatic hydroxyl groups excluding tert-OH is 1. The Morgan fingerprint density at radius 1 is 1.64 bits per heavy atom. The van der Waals surface area contributed by atoms with Gasteiger partial charge in [0.15, 0.2) is 0 Å². The van der Waals surface area contributed by atoms with Gasteiger partial charge in [-0.2, -0.15) is 0 Å². The lowest BCUT2D eigenvalue weighted by Gasteiger charge is -2.24. The van der Waals surface area contributed by atoms with Gasteiger partial charge in [0.1, 0.15) is 6.23 Å². The Labute approximate surface area is 67.0 Å². The molecule has 0 spiro atoms. The summed E-state index contributed by atoms with van der Waals surface area (Å²) in [6, 6.07) is 0.113. The zero-order valence-corrected chi connectivity index (χ0v) is 7.24. The van der Waals surface area contributed by atoms with Crippen molar-refractivity contribution in [3.05, 3.63) is 0 Å². The zero-order valence-electron chi connectivity index (χ0n) is 7.24. The molecule has 64 valence electrons. The number of amides is 1. The quantitative estimate of drug-likeness (QED) is 0.605. The molecule has 1 aliphatic heterocycles. The van der Waals surface area contributed by atoms with Crippen LogP contribution in [0.25, 0.3) is 0 Å². The summed E-state index contributed by atoms with van der Waals surface area (Å²) in [5, 5.41) is 9.41. The Kier molecular flexibility index (Phi) is 2.18. The zero-order chi connectivity index (χ0) is 8.59. The smallest absolute Gasteiger partial charge is 0.227 e. The average molecular weight is 157 g/mol. The summed E-state index contributed by atoms with van der Waals surface area (Å²) in [4.78, 5) is 12.9. The third kappa shape index (κ3) is 1.38. The summed E-state index contributed by atoms with van der Waals surface area (Å²) >= 11 is 0. The van der Waals surface area contributed by atoms with Gasteiger partial charge >= 0.3 is 0 Å². The van der Waals surface area contributed by atoms with Crippen LogP contribution in [0.2, 0.25) is 0 Å². The second-order valence-electron chi connectivity index (χ2n) is 3.46. The fraction of sp³-hybridized carbons (Fsp3) is 0.875. The minimum Gasteiger partial charge on any atom is -0.373 e. The van der Waals surface area contributed by atoms with E-state index in [-0.39, 0.29) is 17.9 Å². The second kappa shape index (κ2) is 2.81. The van der Waals surface area contributed by atoms with Crippen molar-refractivity contribution in [3.8, 4) is 0 Å². The van der Waals surface area contributed by atoms with Crippen LogP contribution in [-0.2, 0) is 4.79 Å². The van der Waals surface area contributed by atoms with Gasteiger partial charge in [-0.3, -0.25) is 4.79 Å². The Morgan fingerprint density at radius 3 is 2.36 bits per heavy atom. The lowest BCUT2D eigenvalue weighted by atomic mass is 10.1. The molecule has 0 aliphatic carbocycles. The summed E-state index contributed by atoms with van der Waals surface area (Å²) in [7, 11) is 0. The topological polar surface area (TPSA) is 40.5 Å². The van der Waals surface area contributed by atoms with E-state index in [1.807, 2.05) is 20.8 Å². The fourth-order valence-corrected chi connectivity index (χ4v) is 1.53. The molecule has 0 aromatic carbocycles. The van der Waals surface area contributed by atoms with E-state index in [1.165, 1.54) is 0 Å². The highest BCUT2D eigenvalue weighted by atomic mass is 16.3. The minimum absolute atomic E-state index is 0.00704. The Hall–Kier alpha value is -0.570. The van der Waals surface area contributed by atoms with Crippen LogP contribution < -0.4 is 0 Å². The summed E-state index contributed by atoms with van der Waals surface area (Å²) in [5.74, 6) is 0.0694. The maximum Gasteiger partial charge on any atom is 0.227 e. The monoisotopic (exact) mass is 157 g/mol. The molecule has 1 saturated heterocycles. The predicted molar refractivity (Wildman–Crippen MR) is 41.8 cm³/mol. The van der Waals surface area contributed by atoms with Crippen LogP contribution in [0.4, 0.5) is 0 Å². The molecular weight excluding hydrogens is 142 g/mol. The first kappa shape index (κ1) is 8.53. The molecule has 2 unspecified atom stereocenters. The molecule has 11 heavy (non-hydrogen) atoms. The SMILES string of the molecule is CC1CC(O)N(C(C)C)C1=O. The first-order valence-electron chi connectivity index (χ1n) is 4.04. The van der Waals surface area contributed by atoms with Crippen molar-refractivity contribution in [1.82, 2.24) is 4.90 Å². The lowest BCUT2D eigenvalue weighted by Crippen LogP contribution is -2.39. The second-order valence-corrected chi connectivity index (χ2v) is 3.46. The van der Waals surface area contributed by atoms with Crippen LogP contribution >= 0.6 is 0 Å². The minimum atomic E-state index is -0.558. The Morgan fingerprint density at radius 2 is 2.18 bits per heavy atom. The molecule has 0 saturated carbocycles. The van der Waals surface area contributed by atoms with Gasteiger partial charge in [-0.25, -0.2) is 0 Å². The first-order valence-corrected chi connectivity index (χ1v) is 4.04. The molecule has 2 atom stereocenters. The van der Waals surface area contributed by atoms with Crippen LogP contribution in [0, 0.1) is 5.92 Å². The number of rotatable bonds is 1. The van der Waals surface area contributed by atoms with Crippen LogP contribution in [0.5, 0.6) is 0 Å². The van der Waals surface area contributed by atoms with Crippen molar-refractivity contribution in [2.45, 2.75) is 39.5 Å². The van der Waals surface area contributed by atoms with Gasteiger partial charge in [0.05, 0.1) is 0 Å². The molecule has 0 aromatic rings. The molecule has 0 radical (unpaired) electrons. The predicted octanol–water partition coefficient (Wildman–Crippen LogP) is 0.582. The summed E-state index contributed by atoms with van der Waals surface area (Å²) in [6.45, 7) is 5.69. The van der Waals surface area contributed by atoms with Crippen molar-refractivity contribution in [1.29, 1.82) is 0 Å². The molecule has 1 amide bonds. The molecule has 1 N–H and O–H groups in total. The number of carbonyl (C=O) groups excluding carboxylic acids is 1. The van der Waals surface area contributed by atoms with Crippen molar-refractivity contribution in [3.63, 3.8) is 0 Å². The van der Waals surface area contributed by atoms with Gasteiger partial charge in [-0.1, -0.05) is 6.92 Å². The van der Waals surface area contributed by atoms with E-state index >= 15 is 0 Å². The third-order valence-corrected chi connectivity index (χ3v) is 2.12. The van der Waals surface area contributed by atoms with E-state index in [9.17, 15) is 9.90 Å². The molecule has 0 aromatic heterocycles. The summed E-state index contributed by atoms with van der Waals surface area (Å²) in [6.07, 6.45) is 0.0225. The van der Waals surface area contributed by atoms with E-state index in [1.54, 1.807) is 4.90 Å². The fourth-order valence-electron chi connectivity index (χ4n) is 1.53. The largest absolute Gasteiger partial charge is 0.373 e. The maximum atomic E-state index is 11.3. The van der Waals surface area contributed by atoms with Gasteiger partial charge in [-0.15, -0.1) is 0 Å². The highest BCUT2D eigenvalue weighted by Crippen LogP contribution is 2.24. The van der Waals surface area contributed by atoms with Crippen LogP contribution in [0.15, 0.2) is 0 Å². The average Bonchev–Trinajstić information content (AvgIpc) is 2.07. The van der Waals surface area contributed by atoms with Crippen molar-refractivity contribution in [2.75, 3.05) is 0 Å². The third-order valence-electron chi connectivity index (χ3n) is 2.12. The highest BCUT2D eigenvalue weighted by molar-refractivity contribution is 5.81. The normalized spacial score (nSPS) is 32.1. The number of aliphatic hydroxyl groups is 1. The molecule has 3 heteroatoms. The summed E-state index contributed by atoms with van der Waals surface area (Å²) < 4.78 is 0. The van der Waals surface area contributed by atoms with E-state index in [4.69, 9.17) is 0 Å². The van der Waals surface area contributed by atoms with Crippen molar-refractivity contribution >= 4 is 5.91 Å². The number of hydrogen-bond acceptors (Lipinski definition) is 2. The molecule has 1 heterocycles. The Balaban J connectivity index is 2.72. The molecule has 3 nitrogen and oxygen atoms in total. The number of carbonyl (C=O) groups is 1. The molecule has 1 rings (SSSR count). The first-order chi connectivity index (χ1) is 5.04. The van der Waals surface area contributed by atoms with Crippen LogP contribution in [0.3, 0.4) is 0 Å². The van der Waals surface area contributed by atoms with Crippen LogP contribution in [-0.4, -0.2) is 28.2 Å². The summed E-state index contributed by atoms with van der Waals surface area (Å²) in [5.41, 5.74) is 0. The molecule has 1 aliphatic rings. The van der Waals surface area contributed by atoms with Crippen LogP contribution in [0.1, 0.15) is 27.2 Å². The van der Waals surface area contributed by atoms with Gasteiger partial charge < -0.3 is 10.0 Å². The Bertz CT molecular complexity index is 167. The highest BCUT2D eigenvalue weighted by Gasteiger charge is 2.36. The maximum absolute atomic E-state index is 11.3. The standard InChI is InChI=1S/C8H15NO2/c1-5(2)9-7(10)4-6(3)8(9)11/h5-7,10H,4H2,1-3H3. The van der Waals surface area contributed by atoms with Crippen molar-refractivity contribution < 1.29 is 9.90 Å². The van der Waals surface area contributed by atoms with Gasteiger partial charge in [0.2, 0.25) is 5.91 Å². The molecule has 1 fully saturated rings. The molecule has 0 bridgehead atoms. The lowest BCUT2D eigenvalue weighted by molar-refractivity contribution is -0.137. The van der Waals surface area contributed by atoms with E-state index in [0.717, 1.165) is 0 Å². The number of hydrogen-bond donors (Lipinski definition) is 1. The van der Waals surface area contributed by atoms with Crippen molar-refractivity contribution in [2.24, 2.45) is 5.92 Å². The molecular formula is C8H15NO2. The van der Waals surface area contributed by atoms with E-state index in [2.05, 4.69) is 0 Å². The number of likely N-dealkylation sites (tertiary alicyclic amines) is 1. The number of nitrogens with zero attached hydrogens (tertiary/aromatic N) is 1. The van der Waals surface area contributed by atoms with Gasteiger partial charge in [0.25, 0.3) is 0 Å².